The zero-order chi connectivity index (χ0) is 20.5. The fourth-order valence-electron chi connectivity index (χ4n) is 4.29. The maximum absolute atomic E-state index is 13.0. The molecule has 6 heteroatoms. The van der Waals surface area contributed by atoms with Gasteiger partial charge in [0.25, 0.3) is 0 Å². The second kappa shape index (κ2) is 7.70. The molecule has 0 saturated carbocycles. The van der Waals surface area contributed by atoms with Crippen LogP contribution in [0.15, 0.2) is 41.6 Å². The Bertz CT molecular complexity index is 995. The van der Waals surface area contributed by atoms with E-state index in [4.69, 9.17) is 18.9 Å². The number of ketones is 1. The van der Waals surface area contributed by atoms with Crippen molar-refractivity contribution < 1.29 is 23.7 Å². The quantitative estimate of drug-likeness (QED) is 0.815. The van der Waals surface area contributed by atoms with Gasteiger partial charge in [0.1, 0.15) is 11.5 Å². The third-order valence-corrected chi connectivity index (χ3v) is 5.63. The summed E-state index contributed by atoms with van der Waals surface area (Å²) in [6.07, 6.45) is 2.24. The molecule has 6 nitrogen and oxygen atoms in total. The van der Waals surface area contributed by atoms with E-state index in [0.29, 0.717) is 29.4 Å². The third kappa shape index (κ3) is 3.18. The van der Waals surface area contributed by atoms with Gasteiger partial charge in [0.2, 0.25) is 0 Å². The smallest absolute Gasteiger partial charge is 0.161 e. The van der Waals surface area contributed by atoms with Crippen LogP contribution >= 0.6 is 0 Å². The van der Waals surface area contributed by atoms with Crippen LogP contribution in [-0.2, 0) is 4.79 Å². The number of fused-ring (bicyclic) bond motifs is 1. The van der Waals surface area contributed by atoms with E-state index in [0.717, 1.165) is 40.9 Å². The maximum atomic E-state index is 13.0. The zero-order valence-corrected chi connectivity index (χ0v) is 17.1. The van der Waals surface area contributed by atoms with E-state index in [1.54, 1.807) is 28.4 Å². The van der Waals surface area contributed by atoms with Crippen LogP contribution < -0.4 is 24.3 Å². The topological polar surface area (TPSA) is 66.0 Å². The second-order valence-electron chi connectivity index (χ2n) is 7.13. The van der Waals surface area contributed by atoms with Gasteiger partial charge in [-0.05, 0) is 30.5 Å². The number of carbonyl (C=O) groups is 1. The fourth-order valence-corrected chi connectivity index (χ4v) is 4.29. The normalized spacial score (nSPS) is 17.8. The van der Waals surface area contributed by atoms with Gasteiger partial charge < -0.3 is 24.3 Å². The van der Waals surface area contributed by atoms with Crippen molar-refractivity contribution in [1.29, 1.82) is 0 Å². The zero-order valence-electron chi connectivity index (χ0n) is 17.1. The Morgan fingerprint density at radius 3 is 2.31 bits per heavy atom. The van der Waals surface area contributed by atoms with Crippen LogP contribution in [0.5, 0.6) is 23.0 Å². The van der Waals surface area contributed by atoms with Crippen LogP contribution in [0.1, 0.15) is 36.3 Å². The minimum absolute atomic E-state index is 0.169. The number of carbonyl (C=O) groups excluding carboxylic acids is 1. The monoisotopic (exact) mass is 395 g/mol. The van der Waals surface area contributed by atoms with Gasteiger partial charge in [-0.2, -0.15) is 0 Å². The van der Waals surface area contributed by atoms with Crippen LogP contribution in [0.3, 0.4) is 0 Å². The molecule has 0 radical (unpaired) electrons. The average Bonchev–Trinajstić information content (AvgIpc) is 2.76. The molecule has 29 heavy (non-hydrogen) atoms. The molecular formula is C23H25NO5. The average molecular weight is 395 g/mol. The number of Topliss-reactive ketones (excluding diaryl/α,β-unsaturated/α-hetero) is 1. The third-order valence-electron chi connectivity index (χ3n) is 5.63. The molecule has 1 N–H and O–H groups in total. The molecule has 1 atom stereocenters. The Balaban J connectivity index is 1.97. The van der Waals surface area contributed by atoms with E-state index >= 15 is 0 Å². The van der Waals surface area contributed by atoms with Gasteiger partial charge in [0.15, 0.2) is 17.3 Å². The van der Waals surface area contributed by atoms with Crippen LogP contribution in [0.4, 0.5) is 5.69 Å². The molecule has 1 aliphatic heterocycles. The molecule has 0 amide bonds. The number of benzene rings is 2. The first-order valence-corrected chi connectivity index (χ1v) is 9.62. The van der Waals surface area contributed by atoms with Crippen molar-refractivity contribution in [2.45, 2.75) is 25.2 Å². The molecule has 0 bridgehead atoms. The highest BCUT2D eigenvalue weighted by Gasteiger charge is 2.37. The fraction of sp³-hybridized carbons (Fsp3) is 0.348. The highest BCUT2D eigenvalue weighted by Crippen LogP contribution is 2.51. The van der Waals surface area contributed by atoms with E-state index in [-0.39, 0.29) is 11.7 Å². The van der Waals surface area contributed by atoms with Crippen molar-refractivity contribution in [3.05, 3.63) is 52.7 Å². The first kappa shape index (κ1) is 19.2. The Morgan fingerprint density at radius 1 is 0.862 bits per heavy atom. The predicted molar refractivity (Wildman–Crippen MR) is 110 cm³/mol. The Hall–Kier alpha value is -3.15. The van der Waals surface area contributed by atoms with E-state index in [1.807, 2.05) is 30.3 Å². The largest absolute Gasteiger partial charge is 0.497 e. The minimum Gasteiger partial charge on any atom is -0.497 e. The highest BCUT2D eigenvalue weighted by atomic mass is 16.5. The standard InChI is InChI=1S/C23H25NO5/c1-26-14-11-16-23(20(12-14)29-4)21(22-15(24-16)6-5-7-17(22)25)13-8-9-18(27-2)19(10-13)28-3/h8-12,21,24H,5-7H2,1-4H3/t21-/m1/s1. The summed E-state index contributed by atoms with van der Waals surface area (Å²) in [7, 11) is 6.48. The number of methoxy groups -OCH3 is 4. The molecule has 2 aromatic rings. The van der Waals surface area contributed by atoms with E-state index in [1.165, 1.54) is 0 Å². The number of hydrogen-bond acceptors (Lipinski definition) is 6. The SMILES string of the molecule is COc1cc2c(c(OC)c1)[C@H](c1ccc(OC)c(OC)c1)C1=C(CCCC1=O)N2. The molecule has 1 aliphatic carbocycles. The van der Waals surface area contributed by atoms with Crippen molar-refractivity contribution in [1.82, 2.24) is 0 Å². The summed E-state index contributed by atoms with van der Waals surface area (Å²) < 4.78 is 22.1. The van der Waals surface area contributed by atoms with Crippen LogP contribution in [-0.4, -0.2) is 34.2 Å². The van der Waals surface area contributed by atoms with Gasteiger partial charge >= 0.3 is 0 Å². The Morgan fingerprint density at radius 2 is 1.62 bits per heavy atom. The number of nitrogens with one attached hydrogen (secondary N) is 1. The summed E-state index contributed by atoms with van der Waals surface area (Å²) in [4.78, 5) is 13.0. The van der Waals surface area contributed by atoms with Crippen molar-refractivity contribution in [3.63, 3.8) is 0 Å². The highest BCUT2D eigenvalue weighted by molar-refractivity contribution is 6.01. The van der Waals surface area contributed by atoms with Gasteiger partial charge in [-0.15, -0.1) is 0 Å². The Kier molecular flexibility index (Phi) is 5.09. The molecule has 2 aliphatic rings. The van der Waals surface area contributed by atoms with E-state index in [9.17, 15) is 4.79 Å². The lowest BCUT2D eigenvalue weighted by Crippen LogP contribution is -2.27. The lowest BCUT2D eigenvalue weighted by Gasteiger charge is -2.35. The van der Waals surface area contributed by atoms with Crippen molar-refractivity contribution >= 4 is 11.5 Å². The van der Waals surface area contributed by atoms with Crippen LogP contribution in [0.2, 0.25) is 0 Å². The lowest BCUT2D eigenvalue weighted by molar-refractivity contribution is -0.116. The van der Waals surface area contributed by atoms with Gasteiger partial charge in [-0.3, -0.25) is 4.79 Å². The first-order valence-electron chi connectivity index (χ1n) is 9.62. The summed E-state index contributed by atoms with van der Waals surface area (Å²) in [5.74, 6) is 2.57. The maximum Gasteiger partial charge on any atom is 0.161 e. The summed E-state index contributed by atoms with van der Waals surface area (Å²) in [5, 5.41) is 3.47. The van der Waals surface area contributed by atoms with E-state index in [2.05, 4.69) is 5.32 Å². The number of hydrogen-bond donors (Lipinski definition) is 1. The van der Waals surface area contributed by atoms with Gasteiger partial charge in [-0.1, -0.05) is 6.07 Å². The second-order valence-corrected chi connectivity index (χ2v) is 7.13. The van der Waals surface area contributed by atoms with Crippen LogP contribution in [0.25, 0.3) is 0 Å². The summed E-state index contributed by atoms with van der Waals surface area (Å²) in [6.45, 7) is 0. The van der Waals surface area contributed by atoms with Gasteiger partial charge in [-0.25, -0.2) is 0 Å². The van der Waals surface area contributed by atoms with Gasteiger partial charge in [0, 0.05) is 47.0 Å². The molecule has 0 unspecified atom stereocenters. The number of rotatable bonds is 5. The molecule has 1 heterocycles. The molecule has 0 aromatic heterocycles. The summed E-state index contributed by atoms with van der Waals surface area (Å²) >= 11 is 0. The molecular weight excluding hydrogens is 370 g/mol. The molecule has 0 saturated heterocycles. The molecule has 2 aromatic carbocycles. The first-order chi connectivity index (χ1) is 14.1. The summed E-state index contributed by atoms with van der Waals surface area (Å²) in [5.41, 5.74) is 4.56. The van der Waals surface area contributed by atoms with Crippen molar-refractivity contribution in [2.75, 3.05) is 33.8 Å². The van der Waals surface area contributed by atoms with Crippen molar-refractivity contribution in [2.24, 2.45) is 0 Å². The number of ether oxygens (including phenoxy) is 4. The van der Waals surface area contributed by atoms with Crippen molar-refractivity contribution in [3.8, 4) is 23.0 Å². The molecule has 0 spiro atoms. The lowest BCUT2D eigenvalue weighted by atomic mass is 9.75. The molecule has 4 rings (SSSR count). The predicted octanol–water partition coefficient (Wildman–Crippen LogP) is 4.29. The number of allylic oxidation sites excluding steroid dienone is 2. The number of anilines is 1. The van der Waals surface area contributed by atoms with E-state index < -0.39 is 0 Å². The molecule has 152 valence electrons. The summed E-state index contributed by atoms with van der Waals surface area (Å²) in [6, 6.07) is 9.60. The van der Waals surface area contributed by atoms with Crippen LogP contribution in [0, 0.1) is 0 Å². The Labute approximate surface area is 170 Å². The minimum atomic E-state index is -0.255. The molecule has 0 fully saturated rings. The van der Waals surface area contributed by atoms with Gasteiger partial charge in [0.05, 0.1) is 28.4 Å².